The third-order valence-electron chi connectivity index (χ3n) is 3.40. The molecule has 5 nitrogen and oxygen atoms in total. The first kappa shape index (κ1) is 14.0. The summed E-state index contributed by atoms with van der Waals surface area (Å²) in [5, 5.41) is 2.81. The van der Waals surface area contributed by atoms with Gasteiger partial charge in [0.1, 0.15) is 0 Å². The van der Waals surface area contributed by atoms with Crippen molar-refractivity contribution < 1.29 is 9.59 Å². The lowest BCUT2D eigenvalue weighted by molar-refractivity contribution is -0.127. The smallest absolute Gasteiger partial charge is 0.224 e. The lowest BCUT2D eigenvalue weighted by Crippen LogP contribution is -2.48. The minimum Gasteiger partial charge on any atom is -0.370 e. The quantitative estimate of drug-likeness (QED) is 0.652. The summed E-state index contributed by atoms with van der Waals surface area (Å²) in [6, 6.07) is -0.281. The minimum atomic E-state index is -0.404. The molecule has 1 rings (SSSR count). The van der Waals surface area contributed by atoms with Gasteiger partial charge in [-0.2, -0.15) is 0 Å². The molecule has 0 saturated heterocycles. The molecule has 0 heterocycles. The zero-order chi connectivity index (χ0) is 13.0. The molecule has 1 aliphatic rings. The van der Waals surface area contributed by atoms with E-state index in [9.17, 15) is 9.59 Å². The van der Waals surface area contributed by atoms with E-state index in [4.69, 9.17) is 11.5 Å². The van der Waals surface area contributed by atoms with Gasteiger partial charge in [0.15, 0.2) is 0 Å². The van der Waals surface area contributed by atoms with Crippen molar-refractivity contribution in [1.29, 1.82) is 0 Å². The van der Waals surface area contributed by atoms with Crippen molar-refractivity contribution in [1.82, 2.24) is 5.32 Å². The molecule has 0 aromatic carbocycles. The number of hydrogen-bond acceptors (Lipinski definition) is 3. The zero-order valence-electron chi connectivity index (χ0n) is 10.6. The molecule has 0 radical (unpaired) electrons. The molecule has 0 aromatic heterocycles. The first-order valence-corrected chi connectivity index (χ1v) is 6.24. The van der Waals surface area contributed by atoms with Crippen LogP contribution in [0.5, 0.6) is 0 Å². The summed E-state index contributed by atoms with van der Waals surface area (Å²) in [5.74, 6) is -0.0389. The first-order valence-electron chi connectivity index (χ1n) is 6.24. The van der Waals surface area contributed by atoms with E-state index in [1.165, 1.54) is 0 Å². The number of amides is 2. The Bertz CT molecular complexity index is 293. The Labute approximate surface area is 102 Å². The molecule has 1 fully saturated rings. The molecule has 5 heteroatoms. The number of carbonyl (C=O) groups is 2. The van der Waals surface area contributed by atoms with Crippen molar-refractivity contribution in [3.63, 3.8) is 0 Å². The third-order valence-corrected chi connectivity index (χ3v) is 3.40. The van der Waals surface area contributed by atoms with Crippen LogP contribution >= 0.6 is 0 Å². The Hall–Kier alpha value is -1.10. The number of carbonyl (C=O) groups excluding carboxylic acids is 2. The molecule has 0 aliphatic heterocycles. The lowest BCUT2D eigenvalue weighted by Gasteiger charge is -2.32. The fourth-order valence-corrected chi connectivity index (χ4v) is 2.41. The maximum Gasteiger partial charge on any atom is 0.224 e. The summed E-state index contributed by atoms with van der Waals surface area (Å²) >= 11 is 0. The van der Waals surface area contributed by atoms with Gasteiger partial charge in [-0.3, -0.25) is 9.59 Å². The third kappa shape index (κ3) is 4.34. The second kappa shape index (κ2) is 6.00. The Morgan fingerprint density at radius 1 is 1.41 bits per heavy atom. The molecular weight excluding hydrogens is 218 g/mol. The molecule has 1 saturated carbocycles. The molecule has 4 atom stereocenters. The van der Waals surface area contributed by atoms with Crippen molar-refractivity contribution in [3.8, 4) is 0 Å². The number of hydrogen-bond donors (Lipinski definition) is 3. The molecule has 0 aromatic rings. The summed E-state index contributed by atoms with van der Waals surface area (Å²) in [5.41, 5.74) is 11.0. The normalized spacial score (nSPS) is 30.6. The monoisotopic (exact) mass is 241 g/mol. The highest BCUT2D eigenvalue weighted by Crippen LogP contribution is 2.28. The molecule has 17 heavy (non-hydrogen) atoms. The van der Waals surface area contributed by atoms with E-state index in [2.05, 4.69) is 12.2 Å². The molecule has 5 N–H and O–H groups in total. The number of primary amides is 1. The van der Waals surface area contributed by atoms with Crippen LogP contribution in [0.4, 0.5) is 0 Å². The largest absolute Gasteiger partial charge is 0.370 e. The van der Waals surface area contributed by atoms with Gasteiger partial charge in [0.25, 0.3) is 0 Å². The van der Waals surface area contributed by atoms with Gasteiger partial charge in [-0.05, 0) is 32.1 Å². The average molecular weight is 241 g/mol. The van der Waals surface area contributed by atoms with Crippen LogP contribution in [-0.4, -0.2) is 23.9 Å². The van der Waals surface area contributed by atoms with Crippen molar-refractivity contribution in [2.75, 3.05) is 0 Å². The Balaban J connectivity index is 2.48. The van der Waals surface area contributed by atoms with E-state index in [0.717, 1.165) is 19.3 Å². The predicted octanol–water partition coefficient (Wildman–Crippen LogP) is 0.130. The molecule has 0 bridgehead atoms. The van der Waals surface area contributed by atoms with Gasteiger partial charge in [0, 0.05) is 18.5 Å². The number of nitrogens with one attached hydrogen (secondary N) is 1. The van der Waals surface area contributed by atoms with Gasteiger partial charge in [0.2, 0.25) is 11.8 Å². The second-order valence-corrected chi connectivity index (χ2v) is 5.27. The van der Waals surface area contributed by atoms with Crippen molar-refractivity contribution in [2.24, 2.45) is 23.3 Å². The highest BCUT2D eigenvalue weighted by atomic mass is 16.2. The molecule has 98 valence electrons. The standard InChI is InChI=1S/C12H23N3O2/c1-7-3-4-10(13)9(5-7)12(17)15-8(2)6-11(14)16/h7-10H,3-6,13H2,1-2H3,(H2,14,16)(H,15,17). The van der Waals surface area contributed by atoms with Gasteiger partial charge in [-0.1, -0.05) is 6.92 Å². The zero-order valence-corrected chi connectivity index (χ0v) is 10.6. The van der Waals surface area contributed by atoms with Crippen LogP contribution in [-0.2, 0) is 9.59 Å². The van der Waals surface area contributed by atoms with Gasteiger partial charge < -0.3 is 16.8 Å². The number of rotatable bonds is 4. The van der Waals surface area contributed by atoms with Crippen molar-refractivity contribution in [2.45, 2.75) is 51.6 Å². The fourth-order valence-electron chi connectivity index (χ4n) is 2.41. The van der Waals surface area contributed by atoms with Crippen LogP contribution in [0.3, 0.4) is 0 Å². The second-order valence-electron chi connectivity index (χ2n) is 5.27. The minimum absolute atomic E-state index is 0.0437. The summed E-state index contributed by atoms with van der Waals surface area (Å²) in [6.45, 7) is 3.92. The first-order chi connectivity index (χ1) is 7.90. The maximum atomic E-state index is 12.0. The summed E-state index contributed by atoms with van der Waals surface area (Å²) in [6.07, 6.45) is 2.98. The van der Waals surface area contributed by atoms with E-state index in [1.54, 1.807) is 6.92 Å². The highest BCUT2D eigenvalue weighted by molar-refractivity contribution is 5.81. The van der Waals surface area contributed by atoms with Crippen LogP contribution in [0.15, 0.2) is 0 Å². The van der Waals surface area contributed by atoms with Crippen LogP contribution in [0, 0.1) is 11.8 Å². The van der Waals surface area contributed by atoms with Gasteiger partial charge in [-0.25, -0.2) is 0 Å². The highest BCUT2D eigenvalue weighted by Gasteiger charge is 2.31. The fraction of sp³-hybridized carbons (Fsp3) is 0.833. The van der Waals surface area contributed by atoms with E-state index in [0.29, 0.717) is 5.92 Å². The maximum absolute atomic E-state index is 12.0. The SMILES string of the molecule is CC1CCC(N)C(C(=O)NC(C)CC(N)=O)C1. The van der Waals surface area contributed by atoms with Gasteiger partial charge in [0.05, 0.1) is 5.92 Å². The van der Waals surface area contributed by atoms with E-state index in [1.807, 2.05) is 0 Å². The number of nitrogens with two attached hydrogens (primary N) is 2. The van der Waals surface area contributed by atoms with Crippen molar-refractivity contribution >= 4 is 11.8 Å². The molecule has 4 unspecified atom stereocenters. The van der Waals surface area contributed by atoms with E-state index in [-0.39, 0.29) is 30.3 Å². The lowest BCUT2D eigenvalue weighted by atomic mass is 9.78. The van der Waals surface area contributed by atoms with E-state index < -0.39 is 5.91 Å². The molecule has 0 spiro atoms. The Morgan fingerprint density at radius 3 is 2.65 bits per heavy atom. The summed E-state index contributed by atoms with van der Waals surface area (Å²) < 4.78 is 0. The Kier molecular flexibility index (Phi) is 4.93. The average Bonchev–Trinajstić information content (AvgIpc) is 2.20. The van der Waals surface area contributed by atoms with Crippen LogP contribution in [0.25, 0.3) is 0 Å². The Morgan fingerprint density at radius 2 is 2.06 bits per heavy atom. The topological polar surface area (TPSA) is 98.2 Å². The predicted molar refractivity (Wildman–Crippen MR) is 65.9 cm³/mol. The molecule has 1 aliphatic carbocycles. The van der Waals surface area contributed by atoms with Crippen molar-refractivity contribution in [3.05, 3.63) is 0 Å². The van der Waals surface area contributed by atoms with E-state index >= 15 is 0 Å². The van der Waals surface area contributed by atoms with Crippen LogP contribution < -0.4 is 16.8 Å². The van der Waals surface area contributed by atoms with Crippen LogP contribution in [0.1, 0.15) is 39.5 Å². The summed E-state index contributed by atoms with van der Waals surface area (Å²) in [4.78, 5) is 22.7. The van der Waals surface area contributed by atoms with Gasteiger partial charge >= 0.3 is 0 Å². The van der Waals surface area contributed by atoms with Crippen LogP contribution in [0.2, 0.25) is 0 Å². The molecular formula is C12H23N3O2. The molecule has 2 amide bonds. The summed E-state index contributed by atoms with van der Waals surface area (Å²) in [7, 11) is 0. The van der Waals surface area contributed by atoms with Gasteiger partial charge in [-0.15, -0.1) is 0 Å².